The van der Waals surface area contributed by atoms with Gasteiger partial charge in [0.05, 0.1) is 16.7 Å². The maximum atomic E-state index is 13.1. The van der Waals surface area contributed by atoms with Gasteiger partial charge in [-0.1, -0.05) is 0 Å². The predicted molar refractivity (Wildman–Crippen MR) is 124 cm³/mol. The number of carbonyl (C=O) groups excluding carboxylic acids is 1. The number of nitrogens with one attached hydrogen (secondary N) is 1. The van der Waals surface area contributed by atoms with Crippen LogP contribution >= 0.6 is 11.6 Å². The first-order chi connectivity index (χ1) is 16.3. The number of rotatable bonds is 5. The molecule has 35 heavy (non-hydrogen) atoms. The van der Waals surface area contributed by atoms with Gasteiger partial charge in [0.15, 0.2) is 0 Å². The summed E-state index contributed by atoms with van der Waals surface area (Å²) in [7, 11) is 0. The van der Waals surface area contributed by atoms with Gasteiger partial charge in [-0.2, -0.15) is 10.2 Å². The Kier molecular flexibility index (Phi) is 6.66. The molecule has 2 aromatic carbocycles. The Morgan fingerprint density at radius 1 is 1.23 bits per heavy atom. The molecule has 182 valence electrons. The number of imidazole rings is 1. The van der Waals surface area contributed by atoms with E-state index in [0.29, 0.717) is 46.8 Å². The van der Waals surface area contributed by atoms with Crippen LogP contribution in [0.15, 0.2) is 54.7 Å². The monoisotopic (exact) mass is 503 g/mol. The van der Waals surface area contributed by atoms with Gasteiger partial charge in [0, 0.05) is 41.2 Å². The van der Waals surface area contributed by atoms with Gasteiger partial charge in [0.1, 0.15) is 17.7 Å². The summed E-state index contributed by atoms with van der Waals surface area (Å²) in [6.45, 7) is 0.692. The van der Waals surface area contributed by atoms with Crippen molar-refractivity contribution in [3.05, 3.63) is 66.1 Å². The number of benzene rings is 2. The first kappa shape index (κ1) is 24.5. The molecule has 0 aliphatic carbocycles. The van der Waals surface area contributed by atoms with E-state index in [9.17, 15) is 18.7 Å². The number of ether oxygens (including phenoxy) is 1. The number of halogens is 3. The van der Waals surface area contributed by atoms with Gasteiger partial charge in [-0.25, -0.2) is 4.98 Å². The number of aryl methyl sites for hydroxylation is 1. The lowest BCUT2D eigenvalue weighted by Crippen LogP contribution is -2.16. The molecular weight excluding hydrogens is 484 g/mol. The quantitative estimate of drug-likeness (QED) is 0.396. The molecule has 0 saturated heterocycles. The maximum Gasteiger partial charge on any atom is 0.487 e. The number of hydrogen-bond donors (Lipinski definition) is 2. The topological polar surface area (TPSA) is 134 Å². The summed E-state index contributed by atoms with van der Waals surface area (Å²) in [5.74, 6) is -0.0305. The van der Waals surface area contributed by atoms with Crippen LogP contribution in [0.5, 0.6) is 5.75 Å². The van der Waals surface area contributed by atoms with Crippen molar-refractivity contribution in [2.45, 2.75) is 31.1 Å². The lowest BCUT2D eigenvalue weighted by atomic mass is 10.0. The van der Waals surface area contributed by atoms with E-state index >= 15 is 0 Å². The number of amides is 1. The predicted octanol–water partition coefficient (Wildman–Crippen LogP) is 3.92. The Morgan fingerprint density at radius 2 is 2.00 bits per heavy atom. The summed E-state index contributed by atoms with van der Waals surface area (Å²) < 4.78 is 31.8. The number of nitrogens with zero attached hydrogens (tertiary/aromatic N) is 4. The summed E-state index contributed by atoms with van der Waals surface area (Å²) in [4.78, 5) is 17.7. The Hall–Kier alpha value is -3.67. The highest BCUT2D eigenvalue weighted by molar-refractivity contribution is 6.20. The van der Waals surface area contributed by atoms with Crippen molar-refractivity contribution in [2.75, 3.05) is 5.32 Å². The van der Waals surface area contributed by atoms with Gasteiger partial charge in [0.2, 0.25) is 0 Å². The van der Waals surface area contributed by atoms with E-state index in [4.69, 9.17) is 11.6 Å². The first-order valence-corrected chi connectivity index (χ1v) is 10.8. The van der Waals surface area contributed by atoms with E-state index in [1.165, 1.54) is 24.3 Å². The van der Waals surface area contributed by atoms with Gasteiger partial charge < -0.3 is 25.2 Å². The summed E-state index contributed by atoms with van der Waals surface area (Å²) >= 11 is 4.77. The van der Waals surface area contributed by atoms with Crippen molar-refractivity contribution in [2.24, 2.45) is 0 Å². The number of hydrogen-bond acceptors (Lipinski definition) is 6. The van der Waals surface area contributed by atoms with E-state index < -0.39 is 17.6 Å². The molecule has 9 nitrogen and oxygen atoms in total. The summed E-state index contributed by atoms with van der Waals surface area (Å²) in [6.07, 6.45) is 2.29. The van der Waals surface area contributed by atoms with Crippen molar-refractivity contribution >= 4 is 34.2 Å². The average Bonchev–Trinajstić information content (AvgIpc) is 3.19. The van der Waals surface area contributed by atoms with Crippen LogP contribution in [0.25, 0.3) is 22.3 Å². The molecule has 4 N–H and O–H groups in total. The first-order valence-electron chi connectivity index (χ1n) is 10.5. The fourth-order valence-corrected chi connectivity index (χ4v) is 4.14. The van der Waals surface area contributed by atoms with Crippen LogP contribution in [0.2, 0.25) is 0 Å². The van der Waals surface area contributed by atoms with Crippen LogP contribution in [0.1, 0.15) is 35.1 Å². The summed E-state index contributed by atoms with van der Waals surface area (Å²) in [5, 5.41) is 21.3. The number of alkyl halides is 3. The molecule has 0 saturated carbocycles. The molecule has 1 amide bonds. The number of aliphatic hydroxyl groups is 1. The lowest BCUT2D eigenvalue weighted by Gasteiger charge is -2.20. The second kappa shape index (κ2) is 9.53. The second-order valence-corrected chi connectivity index (χ2v) is 8.25. The zero-order valence-corrected chi connectivity index (χ0v) is 18.8. The third-order valence-electron chi connectivity index (χ3n) is 5.48. The molecule has 0 spiro atoms. The van der Waals surface area contributed by atoms with Crippen molar-refractivity contribution in [3.8, 4) is 17.0 Å². The van der Waals surface area contributed by atoms with Crippen molar-refractivity contribution in [1.29, 1.82) is 0 Å². The lowest BCUT2D eigenvalue weighted by molar-refractivity contribution is -0.0964. The fraction of sp³-hybridized carbons (Fsp3) is 0.217. The zero-order valence-electron chi connectivity index (χ0n) is 18.1. The van der Waals surface area contributed by atoms with Crippen LogP contribution in [0.3, 0.4) is 0 Å². The second-order valence-electron chi connectivity index (χ2n) is 7.81. The number of anilines is 1. The highest BCUT2D eigenvalue weighted by atomic mass is 35.5. The molecule has 2 aromatic heterocycles. The van der Waals surface area contributed by atoms with Gasteiger partial charge >= 0.3 is 5.57 Å². The molecule has 1 aliphatic rings. The Morgan fingerprint density at radius 3 is 2.69 bits per heavy atom. The molecule has 1 aliphatic heterocycles. The van der Waals surface area contributed by atoms with E-state index in [1.54, 1.807) is 30.5 Å². The number of aromatic nitrogens is 4. The maximum absolute atomic E-state index is 13.1. The van der Waals surface area contributed by atoms with Crippen LogP contribution in [-0.4, -0.2) is 41.8 Å². The SMILES string of the molecule is O.O=C(Nc1ccc(OC(F)(F)Cl)cc1)c1cc(-c2cccnn2)c2c(c1)nc1n2CCC[C@H]1O. The highest BCUT2D eigenvalue weighted by Crippen LogP contribution is 2.35. The van der Waals surface area contributed by atoms with Crippen molar-refractivity contribution in [1.82, 2.24) is 19.7 Å². The fourth-order valence-electron chi connectivity index (χ4n) is 4.05. The minimum Gasteiger partial charge on any atom is -0.420 e. The number of fused-ring (bicyclic) bond motifs is 3. The third kappa shape index (κ3) is 5.06. The number of aliphatic hydroxyl groups excluding tert-OH is 1. The molecule has 1 atom stereocenters. The average molecular weight is 504 g/mol. The molecule has 12 heteroatoms. The van der Waals surface area contributed by atoms with Gasteiger partial charge in [-0.15, -0.1) is 8.78 Å². The van der Waals surface area contributed by atoms with E-state index in [1.807, 2.05) is 4.57 Å². The van der Waals surface area contributed by atoms with Gasteiger partial charge in [-0.3, -0.25) is 4.79 Å². The third-order valence-corrected chi connectivity index (χ3v) is 5.56. The molecule has 0 radical (unpaired) electrons. The number of carbonyl (C=O) groups is 1. The molecule has 5 rings (SSSR count). The highest BCUT2D eigenvalue weighted by Gasteiger charge is 2.28. The largest absolute Gasteiger partial charge is 0.487 e. The van der Waals surface area contributed by atoms with Crippen LogP contribution in [0.4, 0.5) is 14.5 Å². The van der Waals surface area contributed by atoms with Crippen LogP contribution < -0.4 is 10.1 Å². The zero-order chi connectivity index (χ0) is 23.9. The van der Waals surface area contributed by atoms with Crippen molar-refractivity contribution < 1.29 is 28.9 Å². The van der Waals surface area contributed by atoms with Gasteiger partial charge in [0.25, 0.3) is 5.91 Å². The minimum atomic E-state index is -3.83. The molecular formula is C23H20ClF2N5O4. The summed E-state index contributed by atoms with van der Waals surface area (Å²) in [5.41, 5.74) is -0.591. The standard InChI is InChI=1S/C23H18ClF2N5O3.H2O/c24-23(25,26)34-15-7-5-14(6-8-15)28-22(33)13-11-16(17-3-1-9-27-30-17)20-18(12-13)29-21-19(32)4-2-10-31(20)21;/h1,3,5-9,11-12,19,32H,2,4,10H2,(H,28,33);1H2/t19-;/m1./s1. The van der Waals surface area contributed by atoms with Gasteiger partial charge in [-0.05, 0) is 61.4 Å². The molecule has 4 aromatic rings. The van der Waals surface area contributed by atoms with Crippen molar-refractivity contribution in [3.63, 3.8) is 0 Å². The molecule has 0 unspecified atom stereocenters. The van der Waals surface area contributed by atoms with E-state index in [2.05, 4.69) is 25.2 Å². The molecule has 0 fully saturated rings. The molecule has 3 heterocycles. The normalized spacial score (nSPS) is 15.3. The summed E-state index contributed by atoms with van der Waals surface area (Å²) in [6, 6.07) is 12.3. The van der Waals surface area contributed by atoms with E-state index in [0.717, 1.165) is 11.9 Å². The molecule has 0 bridgehead atoms. The van der Waals surface area contributed by atoms with Crippen LogP contribution in [0, 0.1) is 0 Å². The van der Waals surface area contributed by atoms with E-state index in [-0.39, 0.29) is 11.2 Å². The smallest absolute Gasteiger partial charge is 0.420 e. The Bertz CT molecular complexity index is 1360. The Balaban J connectivity index is 0.00000289. The van der Waals surface area contributed by atoms with Crippen LogP contribution in [-0.2, 0) is 6.54 Å². The minimum absolute atomic E-state index is 0. The Labute approximate surface area is 202 Å².